The van der Waals surface area contributed by atoms with E-state index in [0.29, 0.717) is 5.69 Å². The molecule has 4 N–H and O–H groups in total. The smallest absolute Gasteiger partial charge is 0.293 e. The Kier molecular flexibility index (Phi) is 4.66. The number of hydrogen-bond donors (Lipinski definition) is 2. The molecule has 0 aliphatic rings. The molecule has 22 heavy (non-hydrogen) atoms. The topological polar surface area (TPSA) is 125 Å². The van der Waals surface area contributed by atoms with Crippen LogP contribution in [-0.4, -0.2) is 21.7 Å². The van der Waals surface area contributed by atoms with Gasteiger partial charge in [-0.2, -0.15) is 5.10 Å². The standard InChI is InChI=1S/C14H14N6O2/c15-14(16)18-17-9-3-5-11-6-4-10-19(11)12-7-1-2-8-13(12)20(21)22/h1-10H,(H4,15,16,18)/b5-3?,17-9+. The molecule has 1 aromatic carbocycles. The van der Waals surface area contributed by atoms with Gasteiger partial charge in [-0.3, -0.25) is 10.1 Å². The molecule has 0 saturated carbocycles. The van der Waals surface area contributed by atoms with Crippen LogP contribution in [0.1, 0.15) is 5.69 Å². The molecule has 8 heteroatoms. The van der Waals surface area contributed by atoms with Crippen LogP contribution in [0.2, 0.25) is 0 Å². The van der Waals surface area contributed by atoms with Crippen molar-refractivity contribution in [1.82, 2.24) is 4.57 Å². The van der Waals surface area contributed by atoms with Gasteiger partial charge in [-0.1, -0.05) is 12.1 Å². The molecule has 0 fully saturated rings. The van der Waals surface area contributed by atoms with Gasteiger partial charge in [-0.25, -0.2) is 0 Å². The molecule has 8 nitrogen and oxygen atoms in total. The summed E-state index contributed by atoms with van der Waals surface area (Å²) in [6.45, 7) is 0. The van der Waals surface area contributed by atoms with Gasteiger partial charge in [-0.15, -0.1) is 5.10 Å². The van der Waals surface area contributed by atoms with Gasteiger partial charge in [0.2, 0.25) is 5.96 Å². The van der Waals surface area contributed by atoms with Crippen LogP contribution in [-0.2, 0) is 0 Å². The minimum atomic E-state index is -0.414. The first-order valence-corrected chi connectivity index (χ1v) is 6.29. The zero-order valence-corrected chi connectivity index (χ0v) is 11.5. The molecule has 0 saturated heterocycles. The molecular weight excluding hydrogens is 284 g/mol. The predicted molar refractivity (Wildman–Crippen MR) is 85.8 cm³/mol. The van der Waals surface area contributed by atoms with Gasteiger partial charge in [0.15, 0.2) is 0 Å². The minimum absolute atomic E-state index is 0.0301. The second kappa shape index (κ2) is 6.84. The van der Waals surface area contributed by atoms with Crippen molar-refractivity contribution in [2.45, 2.75) is 0 Å². The molecule has 0 radical (unpaired) electrons. The van der Waals surface area contributed by atoms with Crippen molar-refractivity contribution in [3.63, 3.8) is 0 Å². The summed E-state index contributed by atoms with van der Waals surface area (Å²) in [5, 5.41) is 18.2. The minimum Gasteiger partial charge on any atom is -0.369 e. The van der Waals surface area contributed by atoms with Gasteiger partial charge in [0.05, 0.1) is 4.92 Å². The lowest BCUT2D eigenvalue weighted by molar-refractivity contribution is -0.384. The predicted octanol–water partition coefficient (Wildman–Crippen LogP) is 1.66. The highest BCUT2D eigenvalue weighted by Gasteiger charge is 2.14. The lowest BCUT2D eigenvalue weighted by Crippen LogP contribution is -2.21. The highest BCUT2D eigenvalue weighted by Crippen LogP contribution is 2.24. The maximum Gasteiger partial charge on any atom is 0.293 e. The number of nitrogens with zero attached hydrogens (tertiary/aromatic N) is 4. The Hall–Kier alpha value is -3.42. The molecule has 112 valence electrons. The van der Waals surface area contributed by atoms with Crippen molar-refractivity contribution in [2.75, 3.05) is 0 Å². The van der Waals surface area contributed by atoms with Crippen LogP contribution in [0.4, 0.5) is 5.69 Å². The SMILES string of the molecule is NC(N)=N/N=C/C=Cc1cccn1-c1ccccc1[N+](=O)[O-]. The molecule has 0 amide bonds. The maximum atomic E-state index is 11.1. The molecule has 2 rings (SSSR count). The molecule has 0 spiro atoms. The van der Waals surface area contributed by atoms with Gasteiger partial charge in [0.25, 0.3) is 5.69 Å². The second-order valence-electron chi connectivity index (χ2n) is 4.20. The summed E-state index contributed by atoms with van der Waals surface area (Å²) in [6, 6.07) is 10.1. The van der Waals surface area contributed by atoms with Gasteiger partial charge in [0, 0.05) is 24.2 Å². The first kappa shape index (κ1) is 15.0. The fourth-order valence-corrected chi connectivity index (χ4v) is 1.85. The maximum absolute atomic E-state index is 11.1. The van der Waals surface area contributed by atoms with E-state index in [1.54, 1.807) is 47.2 Å². The first-order chi connectivity index (χ1) is 10.6. The zero-order chi connectivity index (χ0) is 15.9. The van der Waals surface area contributed by atoms with Gasteiger partial charge >= 0.3 is 0 Å². The highest BCUT2D eigenvalue weighted by atomic mass is 16.6. The molecule has 0 unspecified atom stereocenters. The van der Waals surface area contributed by atoms with E-state index in [0.717, 1.165) is 5.69 Å². The van der Waals surface area contributed by atoms with Crippen LogP contribution in [0.3, 0.4) is 0 Å². The van der Waals surface area contributed by atoms with Crippen molar-refractivity contribution >= 4 is 23.9 Å². The Morgan fingerprint density at radius 1 is 1.23 bits per heavy atom. The zero-order valence-electron chi connectivity index (χ0n) is 11.5. The monoisotopic (exact) mass is 298 g/mol. The number of guanidine groups is 1. The van der Waals surface area contributed by atoms with Crippen LogP contribution in [0.5, 0.6) is 0 Å². The molecule has 0 bridgehead atoms. The summed E-state index contributed by atoms with van der Waals surface area (Å²) in [7, 11) is 0. The summed E-state index contributed by atoms with van der Waals surface area (Å²) in [6.07, 6.45) is 6.53. The van der Waals surface area contributed by atoms with E-state index < -0.39 is 4.92 Å². The van der Waals surface area contributed by atoms with Gasteiger partial charge in [-0.05, 0) is 30.4 Å². The fraction of sp³-hybridized carbons (Fsp3) is 0. The number of nitro groups is 1. The van der Waals surface area contributed by atoms with Crippen molar-refractivity contribution in [3.05, 3.63) is 64.5 Å². The number of para-hydroxylation sites is 2. The fourth-order valence-electron chi connectivity index (χ4n) is 1.85. The summed E-state index contributed by atoms with van der Waals surface area (Å²) in [5.41, 5.74) is 11.5. The van der Waals surface area contributed by atoms with Crippen LogP contribution >= 0.6 is 0 Å². The Balaban J connectivity index is 2.31. The van der Waals surface area contributed by atoms with Crippen LogP contribution in [0, 0.1) is 10.1 Å². The first-order valence-electron chi connectivity index (χ1n) is 6.29. The van der Waals surface area contributed by atoms with E-state index in [1.165, 1.54) is 12.3 Å². The number of nitrogens with two attached hydrogens (primary N) is 2. The van der Waals surface area contributed by atoms with Gasteiger partial charge in [0.1, 0.15) is 5.69 Å². The van der Waals surface area contributed by atoms with E-state index in [2.05, 4.69) is 10.2 Å². The van der Waals surface area contributed by atoms with E-state index in [1.807, 2.05) is 6.07 Å². The molecule has 1 aromatic heterocycles. The van der Waals surface area contributed by atoms with E-state index in [4.69, 9.17) is 11.5 Å². The van der Waals surface area contributed by atoms with Crippen molar-refractivity contribution in [1.29, 1.82) is 0 Å². The van der Waals surface area contributed by atoms with Gasteiger partial charge < -0.3 is 16.0 Å². The van der Waals surface area contributed by atoms with Crippen LogP contribution < -0.4 is 11.5 Å². The third-order valence-electron chi connectivity index (χ3n) is 2.71. The lowest BCUT2D eigenvalue weighted by atomic mass is 10.2. The molecule has 2 aromatic rings. The van der Waals surface area contributed by atoms with Crippen LogP contribution in [0.15, 0.2) is 58.9 Å². The number of rotatable bonds is 5. The Bertz CT molecular complexity index is 756. The van der Waals surface area contributed by atoms with Crippen molar-refractivity contribution in [2.24, 2.45) is 21.7 Å². The Labute approximate surface area is 126 Å². The number of hydrogen-bond acceptors (Lipinski definition) is 4. The number of allylic oxidation sites excluding steroid dienone is 1. The van der Waals surface area contributed by atoms with E-state index in [9.17, 15) is 10.1 Å². The number of nitro benzene ring substituents is 1. The van der Waals surface area contributed by atoms with Crippen LogP contribution in [0.25, 0.3) is 11.8 Å². The second-order valence-corrected chi connectivity index (χ2v) is 4.20. The largest absolute Gasteiger partial charge is 0.369 e. The third kappa shape index (κ3) is 3.57. The summed E-state index contributed by atoms with van der Waals surface area (Å²) < 4.78 is 1.71. The molecule has 0 aliphatic heterocycles. The number of benzene rings is 1. The third-order valence-corrected chi connectivity index (χ3v) is 2.71. The van der Waals surface area contributed by atoms with E-state index >= 15 is 0 Å². The molecule has 0 atom stereocenters. The molecule has 0 aliphatic carbocycles. The highest BCUT2D eigenvalue weighted by molar-refractivity contribution is 5.80. The summed E-state index contributed by atoms with van der Waals surface area (Å²) in [4.78, 5) is 10.7. The average molecular weight is 298 g/mol. The number of aromatic nitrogens is 1. The normalized spacial score (nSPS) is 11.1. The van der Waals surface area contributed by atoms with Crippen molar-refractivity contribution in [3.8, 4) is 5.69 Å². The molecular formula is C14H14N6O2. The average Bonchev–Trinajstić information content (AvgIpc) is 2.94. The van der Waals surface area contributed by atoms with E-state index in [-0.39, 0.29) is 11.6 Å². The summed E-state index contributed by atoms with van der Waals surface area (Å²) >= 11 is 0. The summed E-state index contributed by atoms with van der Waals surface area (Å²) in [5.74, 6) is -0.132. The quantitative estimate of drug-likeness (QED) is 0.377. The Morgan fingerprint density at radius 2 is 2.00 bits per heavy atom. The Morgan fingerprint density at radius 3 is 2.73 bits per heavy atom. The van der Waals surface area contributed by atoms with Crippen molar-refractivity contribution < 1.29 is 4.92 Å². The lowest BCUT2D eigenvalue weighted by Gasteiger charge is -2.06. The molecule has 1 heterocycles.